The van der Waals surface area contributed by atoms with Crippen LogP contribution < -0.4 is 0 Å². The second-order valence-corrected chi connectivity index (χ2v) is 7.62. The van der Waals surface area contributed by atoms with Gasteiger partial charge in [-0.05, 0) is 38.5 Å². The molecule has 2 aliphatic rings. The van der Waals surface area contributed by atoms with E-state index in [0.717, 1.165) is 0 Å². The first-order valence-corrected chi connectivity index (χ1v) is 7.76. The van der Waals surface area contributed by atoms with Crippen molar-refractivity contribution in [3.05, 3.63) is 0 Å². The lowest BCUT2D eigenvalue weighted by Gasteiger charge is -2.42. The van der Waals surface area contributed by atoms with Crippen molar-refractivity contribution in [2.45, 2.75) is 74.7 Å². The van der Waals surface area contributed by atoms with Gasteiger partial charge in [-0.2, -0.15) is 0 Å². The average molecular weight is 246 g/mol. The molecule has 0 aromatic rings. The predicted octanol–water partition coefficient (Wildman–Crippen LogP) is 4.96. The predicted molar refractivity (Wildman–Crippen MR) is 70.0 cm³/mol. The SMILES string of the molecule is CCC1(SOSC2(CC)CCC2)CCC1. The van der Waals surface area contributed by atoms with E-state index in [-0.39, 0.29) is 0 Å². The molecule has 2 aliphatic carbocycles. The van der Waals surface area contributed by atoms with Crippen molar-refractivity contribution in [1.82, 2.24) is 0 Å². The van der Waals surface area contributed by atoms with Crippen molar-refractivity contribution >= 4 is 24.1 Å². The molecule has 0 atom stereocenters. The molecule has 0 unspecified atom stereocenters. The highest BCUT2D eigenvalue weighted by Gasteiger charge is 2.40. The normalized spacial score (nSPS) is 26.8. The van der Waals surface area contributed by atoms with Crippen LogP contribution >= 0.6 is 24.1 Å². The fourth-order valence-electron chi connectivity index (χ4n) is 2.30. The van der Waals surface area contributed by atoms with Crippen LogP contribution in [-0.4, -0.2) is 9.49 Å². The lowest BCUT2D eigenvalue weighted by molar-refractivity contribution is 0.332. The third-order valence-electron chi connectivity index (χ3n) is 4.24. The molecule has 0 saturated heterocycles. The Morgan fingerprint density at radius 3 is 1.47 bits per heavy atom. The van der Waals surface area contributed by atoms with Crippen molar-refractivity contribution in [2.24, 2.45) is 0 Å². The topological polar surface area (TPSA) is 9.23 Å². The number of rotatable bonds is 6. The van der Waals surface area contributed by atoms with Crippen LogP contribution in [0.4, 0.5) is 0 Å². The van der Waals surface area contributed by atoms with Gasteiger partial charge in [0, 0.05) is 33.6 Å². The van der Waals surface area contributed by atoms with E-state index in [1.165, 1.54) is 51.4 Å². The Labute approximate surface area is 103 Å². The Bertz CT molecular complexity index is 177. The van der Waals surface area contributed by atoms with Gasteiger partial charge in [0.2, 0.25) is 0 Å². The molecule has 0 aromatic carbocycles. The monoisotopic (exact) mass is 246 g/mol. The largest absolute Gasteiger partial charge is 0.246 e. The van der Waals surface area contributed by atoms with Gasteiger partial charge in [0.05, 0.1) is 0 Å². The van der Waals surface area contributed by atoms with Crippen LogP contribution in [0.25, 0.3) is 0 Å². The van der Waals surface area contributed by atoms with Gasteiger partial charge in [0.25, 0.3) is 0 Å². The molecule has 15 heavy (non-hydrogen) atoms. The van der Waals surface area contributed by atoms with Crippen molar-refractivity contribution in [3.63, 3.8) is 0 Å². The summed E-state index contributed by atoms with van der Waals surface area (Å²) in [7, 11) is 0. The van der Waals surface area contributed by atoms with Crippen LogP contribution in [0.15, 0.2) is 0 Å². The molecule has 3 heteroatoms. The van der Waals surface area contributed by atoms with Gasteiger partial charge in [0.15, 0.2) is 0 Å². The summed E-state index contributed by atoms with van der Waals surface area (Å²) in [5.74, 6) is 0. The standard InChI is InChI=1S/C12H22OS2/c1-3-11(7-5-8-11)14-13-15-12(4-2)9-6-10-12/h3-10H2,1-2H3. The van der Waals surface area contributed by atoms with Crippen molar-refractivity contribution in [2.75, 3.05) is 0 Å². The zero-order valence-corrected chi connectivity index (χ0v) is 11.5. The lowest BCUT2D eigenvalue weighted by Crippen LogP contribution is -2.34. The molecule has 0 aromatic heterocycles. The van der Waals surface area contributed by atoms with E-state index in [1.54, 1.807) is 24.1 Å². The Kier molecular flexibility index (Phi) is 3.95. The minimum atomic E-state index is 0.478. The first-order valence-electron chi connectivity index (χ1n) is 6.28. The Morgan fingerprint density at radius 1 is 0.867 bits per heavy atom. The van der Waals surface area contributed by atoms with Gasteiger partial charge in [-0.3, -0.25) is 0 Å². The molecule has 0 N–H and O–H groups in total. The molecule has 2 fully saturated rings. The molecule has 0 bridgehead atoms. The van der Waals surface area contributed by atoms with E-state index in [9.17, 15) is 0 Å². The second kappa shape index (κ2) is 4.89. The van der Waals surface area contributed by atoms with Gasteiger partial charge in [-0.15, -0.1) is 0 Å². The molecule has 0 aliphatic heterocycles. The van der Waals surface area contributed by atoms with E-state index in [2.05, 4.69) is 13.8 Å². The molecule has 0 radical (unpaired) electrons. The highest BCUT2D eigenvalue weighted by atomic mass is 32.2. The molecule has 88 valence electrons. The average Bonchev–Trinajstić information content (AvgIpc) is 2.14. The van der Waals surface area contributed by atoms with Crippen LogP contribution in [0, 0.1) is 0 Å². The second-order valence-electron chi connectivity index (χ2n) is 5.01. The summed E-state index contributed by atoms with van der Waals surface area (Å²) in [6.07, 6.45) is 10.7. The summed E-state index contributed by atoms with van der Waals surface area (Å²) in [6.45, 7) is 4.58. The van der Waals surface area contributed by atoms with E-state index in [0.29, 0.717) is 9.49 Å². The Hall–Kier alpha value is 0.660. The molecule has 1 nitrogen and oxygen atoms in total. The van der Waals surface area contributed by atoms with Gasteiger partial charge in [-0.25, -0.2) is 3.63 Å². The maximum absolute atomic E-state index is 5.86. The summed E-state index contributed by atoms with van der Waals surface area (Å²) in [4.78, 5) is 0. The Balaban J connectivity index is 1.69. The van der Waals surface area contributed by atoms with Gasteiger partial charge >= 0.3 is 0 Å². The number of hydrogen-bond acceptors (Lipinski definition) is 3. The van der Waals surface area contributed by atoms with Crippen LogP contribution in [0.2, 0.25) is 0 Å². The van der Waals surface area contributed by atoms with Gasteiger partial charge in [0.1, 0.15) is 0 Å². The Morgan fingerprint density at radius 2 is 1.27 bits per heavy atom. The fourth-order valence-corrected chi connectivity index (χ4v) is 4.73. The molecule has 0 heterocycles. The van der Waals surface area contributed by atoms with Crippen molar-refractivity contribution < 1.29 is 3.63 Å². The fraction of sp³-hybridized carbons (Fsp3) is 1.00. The highest BCUT2D eigenvalue weighted by Crippen LogP contribution is 2.53. The van der Waals surface area contributed by atoms with Gasteiger partial charge < -0.3 is 0 Å². The molecule has 0 spiro atoms. The van der Waals surface area contributed by atoms with Crippen molar-refractivity contribution in [3.8, 4) is 0 Å². The zero-order chi connectivity index (χ0) is 10.8. The van der Waals surface area contributed by atoms with E-state index < -0.39 is 0 Å². The maximum atomic E-state index is 5.86. The number of hydrogen-bond donors (Lipinski definition) is 0. The first-order chi connectivity index (χ1) is 7.24. The van der Waals surface area contributed by atoms with Crippen LogP contribution in [0.3, 0.4) is 0 Å². The molecule has 2 saturated carbocycles. The molecule has 2 rings (SSSR count). The first kappa shape index (κ1) is 12.1. The van der Waals surface area contributed by atoms with E-state index >= 15 is 0 Å². The minimum Gasteiger partial charge on any atom is -0.246 e. The summed E-state index contributed by atoms with van der Waals surface area (Å²) in [5, 5.41) is 0. The summed E-state index contributed by atoms with van der Waals surface area (Å²) >= 11 is 3.53. The third-order valence-corrected chi connectivity index (χ3v) is 6.89. The molecular weight excluding hydrogens is 224 g/mol. The van der Waals surface area contributed by atoms with Crippen LogP contribution in [0.1, 0.15) is 65.2 Å². The van der Waals surface area contributed by atoms with E-state index in [1.807, 2.05) is 0 Å². The summed E-state index contributed by atoms with van der Waals surface area (Å²) in [6, 6.07) is 0. The minimum absolute atomic E-state index is 0.478. The van der Waals surface area contributed by atoms with E-state index in [4.69, 9.17) is 3.63 Å². The highest BCUT2D eigenvalue weighted by molar-refractivity contribution is 8.09. The quantitative estimate of drug-likeness (QED) is 0.613. The summed E-state index contributed by atoms with van der Waals surface area (Å²) < 4.78 is 6.82. The lowest BCUT2D eigenvalue weighted by atomic mass is 9.82. The zero-order valence-electron chi connectivity index (χ0n) is 9.88. The third kappa shape index (κ3) is 2.50. The maximum Gasteiger partial charge on any atom is 0.0432 e. The molecule has 0 amide bonds. The smallest absolute Gasteiger partial charge is 0.0432 e. The van der Waals surface area contributed by atoms with Crippen LogP contribution in [-0.2, 0) is 3.63 Å². The summed E-state index contributed by atoms with van der Waals surface area (Å²) in [5.41, 5.74) is 0. The van der Waals surface area contributed by atoms with Crippen LogP contribution in [0.5, 0.6) is 0 Å². The van der Waals surface area contributed by atoms with Gasteiger partial charge in [-0.1, -0.05) is 26.7 Å². The molecular formula is C12H22OS2. The van der Waals surface area contributed by atoms with Crippen molar-refractivity contribution in [1.29, 1.82) is 0 Å².